The first kappa shape index (κ1) is 18.3. The minimum atomic E-state index is -6.00. The van der Waals surface area contributed by atoms with Crippen LogP contribution in [0.15, 0.2) is 52.7 Å². The Kier molecular flexibility index (Phi) is 6.39. The van der Waals surface area contributed by atoms with E-state index in [0.29, 0.717) is 11.4 Å². The highest BCUT2D eigenvalue weighted by Crippen LogP contribution is 2.30. The summed E-state index contributed by atoms with van der Waals surface area (Å²) in [6, 6.07) is 13.1. The molecule has 2 aromatic rings. The molecule has 0 aromatic heterocycles. The summed E-state index contributed by atoms with van der Waals surface area (Å²) in [4.78, 5) is 3.18. The lowest BCUT2D eigenvalue weighted by atomic mass is 10.2. The first-order valence-electron chi connectivity index (χ1n) is 6.50. The van der Waals surface area contributed by atoms with Crippen LogP contribution in [-0.4, -0.2) is 7.25 Å². The zero-order chi connectivity index (χ0) is 17.5. The van der Waals surface area contributed by atoms with Crippen LogP contribution in [0.25, 0.3) is 4.98 Å². The maximum atomic E-state index is 9.75. The van der Waals surface area contributed by atoms with E-state index >= 15 is 0 Å². The quantitative estimate of drug-likeness (QED) is 0.269. The Balaban J connectivity index is 0.000000463. The molecule has 2 rings (SSSR count). The van der Waals surface area contributed by atoms with Crippen molar-refractivity contribution in [1.29, 1.82) is 5.39 Å². The van der Waals surface area contributed by atoms with Gasteiger partial charge in [-0.05, 0) is 37.6 Å². The standard InChI is InChI=1S/C14H13N4.BF4/c1-10-3-6-12(7-4-10)17-18-14-9-11(2)5-8-13(14)16-15;2-1(3,4)5/h3-9H,1-2H3;/q+1;-1. The minimum Gasteiger partial charge on any atom is -0.418 e. The second kappa shape index (κ2) is 8.03. The van der Waals surface area contributed by atoms with E-state index in [9.17, 15) is 17.3 Å². The molecular formula is C14H13BF4N4. The van der Waals surface area contributed by atoms with Crippen molar-refractivity contribution in [3.8, 4) is 0 Å². The van der Waals surface area contributed by atoms with Gasteiger partial charge >= 0.3 is 12.9 Å². The molecule has 120 valence electrons. The number of aryl methyl sites for hydroxylation is 2. The molecule has 0 aliphatic rings. The second-order valence-electron chi connectivity index (χ2n) is 4.62. The van der Waals surface area contributed by atoms with Crippen LogP contribution in [0.4, 0.5) is 34.3 Å². The Bertz CT molecular complexity index is 715. The fourth-order valence-electron chi connectivity index (χ4n) is 1.52. The lowest BCUT2D eigenvalue weighted by molar-refractivity contribution is 0.368. The normalized spacial score (nSPS) is 10.8. The van der Waals surface area contributed by atoms with Gasteiger partial charge in [-0.3, -0.25) is 0 Å². The maximum absolute atomic E-state index is 9.75. The van der Waals surface area contributed by atoms with Gasteiger partial charge in [0.05, 0.1) is 5.69 Å². The molecule has 0 aliphatic carbocycles. The molecule has 4 nitrogen and oxygen atoms in total. The van der Waals surface area contributed by atoms with Crippen LogP contribution < -0.4 is 0 Å². The third kappa shape index (κ3) is 7.71. The lowest BCUT2D eigenvalue weighted by Crippen LogP contribution is -2.02. The Hall–Kier alpha value is -2.76. The van der Waals surface area contributed by atoms with Gasteiger partial charge in [-0.25, -0.2) is 0 Å². The van der Waals surface area contributed by atoms with Gasteiger partial charge in [-0.1, -0.05) is 23.8 Å². The smallest absolute Gasteiger partial charge is 0.418 e. The molecule has 0 radical (unpaired) electrons. The molecule has 2 aromatic carbocycles. The number of rotatable bonds is 2. The monoisotopic (exact) mass is 324 g/mol. The predicted molar refractivity (Wildman–Crippen MR) is 81.5 cm³/mol. The van der Waals surface area contributed by atoms with Crippen LogP contribution in [0.1, 0.15) is 11.1 Å². The summed E-state index contributed by atoms with van der Waals surface area (Å²) >= 11 is 0. The lowest BCUT2D eigenvalue weighted by Gasteiger charge is -1.94. The third-order valence-electron chi connectivity index (χ3n) is 2.55. The SMILES string of the molecule is Cc1ccc(N=Nc2cc(C)ccc2[N+]#N)cc1.F[B-](F)(F)F. The summed E-state index contributed by atoms with van der Waals surface area (Å²) < 4.78 is 39.0. The van der Waals surface area contributed by atoms with Crippen molar-refractivity contribution in [3.63, 3.8) is 0 Å². The van der Waals surface area contributed by atoms with Crippen molar-refractivity contribution < 1.29 is 17.3 Å². The van der Waals surface area contributed by atoms with Crippen molar-refractivity contribution in [1.82, 2.24) is 0 Å². The van der Waals surface area contributed by atoms with Crippen molar-refractivity contribution in [2.24, 2.45) is 10.2 Å². The Labute approximate surface area is 130 Å². The molecule has 0 aliphatic heterocycles. The predicted octanol–water partition coefficient (Wildman–Crippen LogP) is 6.50. The summed E-state index contributed by atoms with van der Waals surface area (Å²) in [5, 5.41) is 17.1. The fraction of sp³-hybridized carbons (Fsp3) is 0.143. The zero-order valence-corrected chi connectivity index (χ0v) is 12.4. The van der Waals surface area contributed by atoms with E-state index in [1.165, 1.54) is 5.56 Å². The topological polar surface area (TPSA) is 52.9 Å². The Morgan fingerprint density at radius 3 is 1.91 bits per heavy atom. The van der Waals surface area contributed by atoms with Gasteiger partial charge in [-0.2, -0.15) is 5.11 Å². The van der Waals surface area contributed by atoms with E-state index in [-0.39, 0.29) is 0 Å². The van der Waals surface area contributed by atoms with Crippen molar-refractivity contribution in [2.45, 2.75) is 13.8 Å². The Morgan fingerprint density at radius 1 is 0.870 bits per heavy atom. The molecule has 0 heterocycles. The molecule has 0 N–H and O–H groups in total. The van der Waals surface area contributed by atoms with Crippen molar-refractivity contribution in [2.75, 3.05) is 0 Å². The summed E-state index contributed by atoms with van der Waals surface area (Å²) in [6.07, 6.45) is 0. The number of benzene rings is 2. The molecule has 23 heavy (non-hydrogen) atoms. The van der Waals surface area contributed by atoms with Crippen LogP contribution in [0.2, 0.25) is 0 Å². The van der Waals surface area contributed by atoms with E-state index in [0.717, 1.165) is 11.3 Å². The fourth-order valence-corrected chi connectivity index (χ4v) is 1.52. The van der Waals surface area contributed by atoms with Crippen LogP contribution in [0.5, 0.6) is 0 Å². The molecule has 9 heteroatoms. The summed E-state index contributed by atoms with van der Waals surface area (Å²) in [5.41, 5.74) is 3.95. The highest BCUT2D eigenvalue weighted by atomic mass is 19.5. The highest BCUT2D eigenvalue weighted by Gasteiger charge is 2.20. The average molecular weight is 324 g/mol. The van der Waals surface area contributed by atoms with Crippen molar-refractivity contribution in [3.05, 3.63) is 58.6 Å². The molecular weight excluding hydrogens is 311 g/mol. The van der Waals surface area contributed by atoms with Gasteiger partial charge in [0.25, 0.3) is 0 Å². The molecule has 0 atom stereocenters. The van der Waals surface area contributed by atoms with Crippen LogP contribution in [0, 0.1) is 19.2 Å². The van der Waals surface area contributed by atoms with Gasteiger partial charge in [0.15, 0.2) is 10.7 Å². The van der Waals surface area contributed by atoms with E-state index in [2.05, 4.69) is 15.2 Å². The van der Waals surface area contributed by atoms with E-state index in [1.54, 1.807) is 6.07 Å². The van der Waals surface area contributed by atoms with E-state index in [1.807, 2.05) is 50.2 Å². The Morgan fingerprint density at radius 2 is 1.39 bits per heavy atom. The van der Waals surface area contributed by atoms with Gasteiger partial charge in [-0.15, -0.1) is 5.11 Å². The summed E-state index contributed by atoms with van der Waals surface area (Å²) in [6.45, 7) is 3.97. The maximum Gasteiger partial charge on any atom is 0.673 e. The van der Waals surface area contributed by atoms with Crippen LogP contribution in [-0.2, 0) is 0 Å². The first-order valence-corrected chi connectivity index (χ1v) is 6.50. The third-order valence-corrected chi connectivity index (χ3v) is 2.55. The number of halogens is 4. The molecule has 0 bridgehead atoms. The minimum absolute atomic E-state index is 0.413. The van der Waals surface area contributed by atoms with Crippen LogP contribution >= 0.6 is 0 Å². The molecule has 0 saturated carbocycles. The van der Waals surface area contributed by atoms with Crippen molar-refractivity contribution >= 4 is 24.3 Å². The molecule has 0 unspecified atom stereocenters. The molecule has 0 fully saturated rings. The zero-order valence-electron chi connectivity index (χ0n) is 12.4. The summed E-state index contributed by atoms with van der Waals surface area (Å²) in [5.74, 6) is 0. The number of nitrogens with zero attached hydrogens (tertiary/aromatic N) is 4. The van der Waals surface area contributed by atoms with E-state index < -0.39 is 7.25 Å². The summed E-state index contributed by atoms with van der Waals surface area (Å²) in [7, 11) is -6.00. The second-order valence-corrected chi connectivity index (χ2v) is 4.62. The molecule has 0 saturated heterocycles. The van der Waals surface area contributed by atoms with E-state index in [4.69, 9.17) is 5.39 Å². The number of hydrogen-bond acceptors (Lipinski definition) is 3. The van der Waals surface area contributed by atoms with Gasteiger partial charge in [0, 0.05) is 6.07 Å². The number of diazo groups is 1. The highest BCUT2D eigenvalue weighted by molar-refractivity contribution is 6.50. The average Bonchev–Trinajstić information content (AvgIpc) is 2.45. The number of azo groups is 1. The van der Waals surface area contributed by atoms with Gasteiger partial charge in [0.1, 0.15) is 0 Å². The molecule has 0 amide bonds. The van der Waals surface area contributed by atoms with Gasteiger partial charge < -0.3 is 17.3 Å². The number of hydrogen-bond donors (Lipinski definition) is 0. The largest absolute Gasteiger partial charge is 0.673 e. The van der Waals surface area contributed by atoms with Gasteiger partial charge in [0.2, 0.25) is 5.39 Å². The first-order chi connectivity index (χ1) is 10.7. The molecule has 0 spiro atoms. The van der Waals surface area contributed by atoms with Crippen LogP contribution in [0.3, 0.4) is 0 Å².